The molecule has 2 N–H and O–H groups in total. The number of amides is 1. The van der Waals surface area contributed by atoms with Gasteiger partial charge in [0.15, 0.2) is 0 Å². The molecule has 9 heteroatoms. The van der Waals surface area contributed by atoms with Gasteiger partial charge in [-0.1, -0.05) is 13.8 Å². The molecule has 1 aromatic heterocycles. The number of thiophene rings is 1. The lowest BCUT2D eigenvalue weighted by atomic mass is 10.2. The zero-order valence-electron chi connectivity index (χ0n) is 14.1. The van der Waals surface area contributed by atoms with Gasteiger partial charge in [-0.2, -0.15) is 4.31 Å². The quantitative estimate of drug-likeness (QED) is 0.688. The van der Waals surface area contributed by atoms with Crippen LogP contribution in [0, 0.1) is 0 Å². The second-order valence-electron chi connectivity index (χ2n) is 5.43. The Labute approximate surface area is 147 Å². The highest BCUT2D eigenvalue weighted by molar-refractivity contribution is 7.91. The number of nitrogens with one attached hydrogen (secondary N) is 2. The highest BCUT2D eigenvalue weighted by Crippen LogP contribution is 2.25. The fraction of sp³-hybridized carbons (Fsp3) is 0.667. The van der Waals surface area contributed by atoms with Crippen LogP contribution in [-0.2, 0) is 26.0 Å². The smallest absolute Gasteiger partial charge is 0.252 e. The van der Waals surface area contributed by atoms with Crippen LogP contribution >= 0.6 is 11.3 Å². The van der Waals surface area contributed by atoms with Crippen LogP contribution in [0.5, 0.6) is 0 Å². The van der Waals surface area contributed by atoms with Crippen molar-refractivity contribution in [3.8, 4) is 0 Å². The molecule has 1 unspecified atom stereocenters. The maximum atomic E-state index is 12.4. The molecule has 136 valence electrons. The van der Waals surface area contributed by atoms with E-state index in [1.807, 2.05) is 19.9 Å². The van der Waals surface area contributed by atoms with E-state index in [0.717, 1.165) is 4.88 Å². The molecule has 0 aliphatic carbocycles. The highest BCUT2D eigenvalue weighted by Gasteiger charge is 2.24. The van der Waals surface area contributed by atoms with Crippen molar-refractivity contribution in [2.75, 3.05) is 39.4 Å². The third kappa shape index (κ3) is 4.76. The number of hydrogen-bond acceptors (Lipinski definition) is 6. The maximum Gasteiger partial charge on any atom is 0.252 e. The average Bonchev–Trinajstić information content (AvgIpc) is 3.06. The zero-order valence-corrected chi connectivity index (χ0v) is 15.7. The first-order valence-electron chi connectivity index (χ1n) is 8.16. The lowest BCUT2D eigenvalue weighted by molar-refractivity contribution is -0.125. The van der Waals surface area contributed by atoms with Crippen LogP contribution in [0.25, 0.3) is 0 Å². The predicted molar refractivity (Wildman–Crippen MR) is 93.7 cm³/mol. The molecule has 7 nitrogen and oxygen atoms in total. The van der Waals surface area contributed by atoms with Gasteiger partial charge in [-0.15, -0.1) is 11.3 Å². The molecule has 0 radical (unpaired) electrons. The van der Waals surface area contributed by atoms with Gasteiger partial charge in [0.1, 0.15) is 10.3 Å². The predicted octanol–water partition coefficient (Wildman–Crippen LogP) is 0.426. The number of sulfonamides is 1. The Morgan fingerprint density at radius 2 is 2.17 bits per heavy atom. The number of carbonyl (C=O) groups is 1. The Hall–Kier alpha value is -1.00. The van der Waals surface area contributed by atoms with Crippen LogP contribution < -0.4 is 10.6 Å². The normalized spacial score (nSPS) is 18.7. The largest absolute Gasteiger partial charge is 0.378 e. The second-order valence-corrected chi connectivity index (χ2v) is 8.77. The average molecular weight is 376 g/mol. The lowest BCUT2D eigenvalue weighted by Crippen LogP contribution is -2.51. The number of morpholine rings is 1. The summed E-state index contributed by atoms with van der Waals surface area (Å²) in [4.78, 5) is 12.9. The van der Waals surface area contributed by atoms with E-state index in [-0.39, 0.29) is 11.9 Å². The number of nitrogens with zero attached hydrogens (tertiary/aromatic N) is 1. The minimum Gasteiger partial charge on any atom is -0.378 e. The topological polar surface area (TPSA) is 87.7 Å². The summed E-state index contributed by atoms with van der Waals surface area (Å²) in [5.74, 6) is -0.0813. The van der Waals surface area contributed by atoms with Crippen molar-refractivity contribution in [3.63, 3.8) is 0 Å². The maximum absolute atomic E-state index is 12.4. The molecule has 0 spiro atoms. The summed E-state index contributed by atoms with van der Waals surface area (Å²) in [7, 11) is -3.40. The Bertz CT molecular complexity index is 635. The van der Waals surface area contributed by atoms with Gasteiger partial charge >= 0.3 is 0 Å². The molecule has 2 heterocycles. The van der Waals surface area contributed by atoms with Gasteiger partial charge in [-0.05, 0) is 18.6 Å². The number of carbonyl (C=O) groups excluding carboxylic acids is 1. The van der Waals surface area contributed by atoms with E-state index in [4.69, 9.17) is 4.74 Å². The molecular weight excluding hydrogens is 350 g/mol. The molecule has 24 heavy (non-hydrogen) atoms. The first-order chi connectivity index (χ1) is 11.5. The van der Waals surface area contributed by atoms with Gasteiger partial charge in [-0.3, -0.25) is 4.79 Å². The zero-order chi connectivity index (χ0) is 17.6. The Morgan fingerprint density at radius 3 is 2.79 bits per heavy atom. The summed E-state index contributed by atoms with van der Waals surface area (Å²) in [6, 6.07) is 3.15. The van der Waals surface area contributed by atoms with Crippen molar-refractivity contribution in [2.24, 2.45) is 0 Å². The van der Waals surface area contributed by atoms with Crippen LogP contribution in [0.4, 0.5) is 0 Å². The SMILES string of the molecule is CCN(CC)S(=O)(=O)c1ccc(CCNC(=O)C2COCCN2)s1. The first kappa shape index (κ1) is 19.3. The van der Waals surface area contributed by atoms with Gasteiger partial charge in [-0.25, -0.2) is 8.42 Å². The summed E-state index contributed by atoms with van der Waals surface area (Å²) in [6.45, 7) is 6.73. The van der Waals surface area contributed by atoms with Crippen LogP contribution in [0.15, 0.2) is 16.3 Å². The molecule has 1 aliphatic rings. The number of hydrogen-bond donors (Lipinski definition) is 2. The van der Waals surface area contributed by atoms with Crippen molar-refractivity contribution in [1.82, 2.24) is 14.9 Å². The van der Waals surface area contributed by atoms with Crippen LogP contribution in [0.1, 0.15) is 18.7 Å². The molecule has 0 bridgehead atoms. The van der Waals surface area contributed by atoms with Gasteiger partial charge in [0.25, 0.3) is 10.0 Å². The fourth-order valence-corrected chi connectivity index (χ4v) is 5.46. The Kier molecular flexibility index (Phi) is 7.17. The number of ether oxygens (including phenoxy) is 1. The summed E-state index contributed by atoms with van der Waals surface area (Å²) >= 11 is 1.26. The van der Waals surface area contributed by atoms with Gasteiger partial charge < -0.3 is 15.4 Å². The summed E-state index contributed by atoms with van der Waals surface area (Å²) in [5.41, 5.74) is 0. The third-order valence-electron chi connectivity index (χ3n) is 3.85. The second kappa shape index (κ2) is 8.91. The molecule has 1 atom stereocenters. The van der Waals surface area contributed by atoms with Crippen molar-refractivity contribution >= 4 is 27.3 Å². The van der Waals surface area contributed by atoms with Crippen molar-refractivity contribution in [3.05, 3.63) is 17.0 Å². The van der Waals surface area contributed by atoms with E-state index in [9.17, 15) is 13.2 Å². The highest BCUT2D eigenvalue weighted by atomic mass is 32.2. The Balaban J connectivity index is 1.86. The molecule has 1 amide bonds. The van der Waals surface area contributed by atoms with E-state index < -0.39 is 10.0 Å². The molecule has 0 saturated carbocycles. The molecular formula is C15H25N3O4S2. The number of rotatable bonds is 8. The van der Waals surface area contributed by atoms with E-state index in [1.54, 1.807) is 6.07 Å². The van der Waals surface area contributed by atoms with Gasteiger partial charge in [0, 0.05) is 31.1 Å². The van der Waals surface area contributed by atoms with E-state index in [2.05, 4.69) is 10.6 Å². The van der Waals surface area contributed by atoms with E-state index >= 15 is 0 Å². The van der Waals surface area contributed by atoms with Crippen molar-refractivity contribution in [2.45, 2.75) is 30.5 Å². The molecule has 1 fully saturated rings. The van der Waals surface area contributed by atoms with Gasteiger partial charge in [0.2, 0.25) is 5.91 Å². The molecule has 2 rings (SSSR count). The standard InChI is InChI=1S/C15H25N3O4S2/c1-3-18(4-2)24(20,21)14-6-5-12(23-14)7-8-17-15(19)13-11-22-10-9-16-13/h5-6,13,16H,3-4,7-11H2,1-2H3,(H,17,19). The summed E-state index contributed by atoms with van der Waals surface area (Å²) in [6.07, 6.45) is 0.609. The minimum atomic E-state index is -3.40. The van der Waals surface area contributed by atoms with E-state index in [0.29, 0.717) is 50.0 Å². The summed E-state index contributed by atoms with van der Waals surface area (Å²) < 4.78 is 31.9. The lowest BCUT2D eigenvalue weighted by Gasteiger charge is -2.22. The molecule has 1 aliphatic heterocycles. The van der Waals surface area contributed by atoms with Crippen LogP contribution in [0.3, 0.4) is 0 Å². The van der Waals surface area contributed by atoms with Crippen LogP contribution in [-0.4, -0.2) is 64.1 Å². The molecule has 1 aromatic rings. The van der Waals surface area contributed by atoms with Crippen LogP contribution in [0.2, 0.25) is 0 Å². The van der Waals surface area contributed by atoms with E-state index in [1.165, 1.54) is 15.6 Å². The summed E-state index contributed by atoms with van der Waals surface area (Å²) in [5, 5.41) is 5.96. The first-order valence-corrected chi connectivity index (χ1v) is 10.4. The minimum absolute atomic E-state index is 0.0813. The molecule has 1 saturated heterocycles. The Morgan fingerprint density at radius 1 is 1.42 bits per heavy atom. The van der Waals surface area contributed by atoms with Gasteiger partial charge in [0.05, 0.1) is 13.2 Å². The monoisotopic (exact) mass is 375 g/mol. The van der Waals surface area contributed by atoms with Crippen molar-refractivity contribution < 1.29 is 17.9 Å². The third-order valence-corrected chi connectivity index (χ3v) is 7.51. The van der Waals surface area contributed by atoms with Crippen molar-refractivity contribution in [1.29, 1.82) is 0 Å². The molecule has 0 aromatic carbocycles. The fourth-order valence-electron chi connectivity index (χ4n) is 2.49.